The van der Waals surface area contributed by atoms with Gasteiger partial charge >= 0.3 is 0 Å². The van der Waals surface area contributed by atoms with Crippen molar-refractivity contribution < 1.29 is 14.3 Å². The summed E-state index contributed by atoms with van der Waals surface area (Å²) >= 11 is 1.41. The summed E-state index contributed by atoms with van der Waals surface area (Å²) in [7, 11) is 1.66. The number of nitrogens with one attached hydrogen (secondary N) is 1. The minimum absolute atomic E-state index is 0.0355. The number of carbonyl (C=O) groups excluding carboxylic acids is 1. The molecule has 0 radical (unpaired) electrons. The molecule has 4 rings (SSSR count). The normalized spacial score (nSPS) is 14.2. The Morgan fingerprint density at radius 3 is 2.66 bits per heavy atom. The lowest BCUT2D eigenvalue weighted by molar-refractivity contribution is -0.120. The molecule has 8 heteroatoms. The second-order valence-electron chi connectivity index (χ2n) is 7.74. The zero-order valence-electron chi connectivity index (χ0n) is 18.4. The maximum atomic E-state index is 12.4. The van der Waals surface area contributed by atoms with Gasteiger partial charge in [-0.15, -0.1) is 10.2 Å². The first-order valence-corrected chi connectivity index (χ1v) is 11.7. The summed E-state index contributed by atoms with van der Waals surface area (Å²) in [6.07, 6.45) is 2.14. The van der Waals surface area contributed by atoms with Crippen LogP contribution in [0.25, 0.3) is 11.1 Å². The molecule has 3 aromatic rings. The molecule has 0 spiro atoms. The molecule has 1 atom stereocenters. The standard InChI is InChI=1S/C24H28N4O3S/c1-17(23(29)25-19-12-13-19)32-24-27-26-22(28(24)14-15-30-2)16-31-21-11-7-6-10-20(21)18-8-4-3-5-9-18/h3-11,17,19H,12-16H2,1-2H3,(H,25,29). The number of hydrogen-bond donors (Lipinski definition) is 1. The van der Waals surface area contributed by atoms with Crippen LogP contribution in [0.5, 0.6) is 5.75 Å². The van der Waals surface area contributed by atoms with E-state index in [-0.39, 0.29) is 17.8 Å². The van der Waals surface area contributed by atoms with E-state index in [1.54, 1.807) is 7.11 Å². The summed E-state index contributed by atoms with van der Waals surface area (Å²) in [6, 6.07) is 18.4. The van der Waals surface area contributed by atoms with Crippen LogP contribution in [0.2, 0.25) is 0 Å². The zero-order valence-corrected chi connectivity index (χ0v) is 19.2. The predicted octanol–water partition coefficient (Wildman–Crippen LogP) is 3.93. The highest BCUT2D eigenvalue weighted by Gasteiger charge is 2.27. The van der Waals surface area contributed by atoms with Crippen molar-refractivity contribution in [3.63, 3.8) is 0 Å². The molecule has 1 saturated carbocycles. The van der Waals surface area contributed by atoms with Crippen LogP contribution in [-0.4, -0.2) is 45.7 Å². The quantitative estimate of drug-likeness (QED) is 0.444. The molecule has 2 aromatic carbocycles. The van der Waals surface area contributed by atoms with Crippen LogP contribution < -0.4 is 10.1 Å². The van der Waals surface area contributed by atoms with Crippen molar-refractivity contribution in [1.82, 2.24) is 20.1 Å². The third-order valence-corrected chi connectivity index (χ3v) is 6.30. The van der Waals surface area contributed by atoms with Crippen molar-refractivity contribution in [3.8, 4) is 16.9 Å². The summed E-state index contributed by atoms with van der Waals surface area (Å²) < 4.78 is 13.4. The van der Waals surface area contributed by atoms with Crippen LogP contribution in [0.15, 0.2) is 59.8 Å². The summed E-state index contributed by atoms with van der Waals surface area (Å²) in [5, 5.41) is 12.2. The lowest BCUT2D eigenvalue weighted by atomic mass is 10.1. The molecule has 168 valence electrons. The molecule has 7 nitrogen and oxygen atoms in total. The van der Waals surface area contributed by atoms with E-state index in [0.717, 1.165) is 29.7 Å². The van der Waals surface area contributed by atoms with Gasteiger partial charge in [0.05, 0.1) is 11.9 Å². The average molecular weight is 453 g/mol. The molecule has 1 heterocycles. The SMILES string of the molecule is COCCn1c(COc2ccccc2-c2ccccc2)nnc1SC(C)C(=O)NC1CC1. The molecule has 0 aliphatic heterocycles. The number of nitrogens with zero attached hydrogens (tertiary/aromatic N) is 3. The van der Waals surface area contributed by atoms with Crippen LogP contribution in [0.4, 0.5) is 0 Å². The van der Waals surface area contributed by atoms with Crippen LogP contribution >= 0.6 is 11.8 Å². The number of para-hydroxylation sites is 1. The Hall–Kier alpha value is -2.84. The monoisotopic (exact) mass is 452 g/mol. The van der Waals surface area contributed by atoms with E-state index < -0.39 is 0 Å². The van der Waals surface area contributed by atoms with Gasteiger partial charge in [-0.25, -0.2) is 0 Å². The number of thioether (sulfide) groups is 1. The van der Waals surface area contributed by atoms with E-state index in [9.17, 15) is 4.79 Å². The Labute approximate surface area is 192 Å². The van der Waals surface area contributed by atoms with E-state index in [2.05, 4.69) is 27.6 Å². The second-order valence-corrected chi connectivity index (χ2v) is 9.04. The molecule has 1 fully saturated rings. The highest BCUT2D eigenvalue weighted by molar-refractivity contribution is 8.00. The molecule has 1 unspecified atom stereocenters. The van der Waals surface area contributed by atoms with Crippen molar-refractivity contribution in [3.05, 3.63) is 60.4 Å². The fourth-order valence-corrected chi connectivity index (χ4v) is 4.17. The lowest BCUT2D eigenvalue weighted by Gasteiger charge is -2.14. The highest BCUT2D eigenvalue weighted by atomic mass is 32.2. The molecule has 1 aliphatic carbocycles. The van der Waals surface area contributed by atoms with Crippen LogP contribution in [0.3, 0.4) is 0 Å². The van der Waals surface area contributed by atoms with Gasteiger partial charge in [0.1, 0.15) is 12.4 Å². The Bertz CT molecular complexity index is 1040. The summed E-state index contributed by atoms with van der Waals surface area (Å²) in [5.74, 6) is 1.52. The number of aromatic nitrogens is 3. The number of ether oxygens (including phenoxy) is 2. The summed E-state index contributed by atoms with van der Waals surface area (Å²) in [5.41, 5.74) is 2.12. The van der Waals surface area contributed by atoms with Gasteiger partial charge in [0.2, 0.25) is 5.91 Å². The van der Waals surface area contributed by atoms with E-state index >= 15 is 0 Å². The van der Waals surface area contributed by atoms with Gasteiger partial charge in [-0.3, -0.25) is 4.79 Å². The molecular formula is C24H28N4O3S. The molecule has 1 amide bonds. The molecule has 1 aromatic heterocycles. The van der Waals surface area contributed by atoms with Crippen molar-refractivity contribution in [2.24, 2.45) is 0 Å². The van der Waals surface area contributed by atoms with Gasteiger partial charge in [-0.2, -0.15) is 0 Å². The van der Waals surface area contributed by atoms with Crippen molar-refractivity contribution >= 4 is 17.7 Å². The van der Waals surface area contributed by atoms with E-state index in [4.69, 9.17) is 9.47 Å². The summed E-state index contributed by atoms with van der Waals surface area (Å²) in [4.78, 5) is 12.4. The van der Waals surface area contributed by atoms with Gasteiger partial charge in [0.25, 0.3) is 0 Å². The third-order valence-electron chi connectivity index (χ3n) is 5.22. The Kier molecular flexibility index (Phi) is 7.44. The Morgan fingerprint density at radius 2 is 1.91 bits per heavy atom. The number of rotatable bonds is 11. The Morgan fingerprint density at radius 1 is 1.16 bits per heavy atom. The van der Waals surface area contributed by atoms with Crippen molar-refractivity contribution in [2.45, 2.75) is 49.4 Å². The van der Waals surface area contributed by atoms with Crippen molar-refractivity contribution in [1.29, 1.82) is 0 Å². The van der Waals surface area contributed by atoms with E-state index in [1.165, 1.54) is 11.8 Å². The first-order valence-electron chi connectivity index (χ1n) is 10.8. The van der Waals surface area contributed by atoms with Gasteiger partial charge in [-0.1, -0.05) is 60.3 Å². The number of benzene rings is 2. The van der Waals surface area contributed by atoms with Gasteiger partial charge in [0, 0.05) is 25.3 Å². The molecule has 1 aliphatic rings. The molecule has 32 heavy (non-hydrogen) atoms. The first-order chi connectivity index (χ1) is 15.7. The predicted molar refractivity (Wildman–Crippen MR) is 125 cm³/mol. The average Bonchev–Trinajstić information content (AvgIpc) is 3.56. The van der Waals surface area contributed by atoms with Gasteiger partial charge in [0.15, 0.2) is 11.0 Å². The van der Waals surface area contributed by atoms with Gasteiger partial charge in [-0.05, 0) is 31.4 Å². The molecule has 0 bridgehead atoms. The number of carbonyl (C=O) groups is 1. The topological polar surface area (TPSA) is 78.3 Å². The van der Waals surface area contributed by atoms with Crippen molar-refractivity contribution in [2.75, 3.05) is 13.7 Å². The first kappa shape index (κ1) is 22.4. The highest BCUT2D eigenvalue weighted by Crippen LogP contribution is 2.30. The summed E-state index contributed by atoms with van der Waals surface area (Å²) in [6.45, 7) is 3.26. The zero-order chi connectivity index (χ0) is 22.3. The van der Waals surface area contributed by atoms with Gasteiger partial charge < -0.3 is 19.4 Å². The van der Waals surface area contributed by atoms with Crippen LogP contribution in [-0.2, 0) is 22.7 Å². The number of hydrogen-bond acceptors (Lipinski definition) is 6. The van der Waals surface area contributed by atoms with E-state index in [0.29, 0.717) is 30.2 Å². The molecular weight excluding hydrogens is 424 g/mol. The molecule has 0 saturated heterocycles. The fourth-order valence-electron chi connectivity index (χ4n) is 3.27. The lowest BCUT2D eigenvalue weighted by Crippen LogP contribution is -2.32. The number of methoxy groups -OCH3 is 1. The van der Waals surface area contributed by atoms with Crippen LogP contribution in [0, 0.1) is 0 Å². The largest absolute Gasteiger partial charge is 0.485 e. The maximum absolute atomic E-state index is 12.4. The van der Waals surface area contributed by atoms with E-state index in [1.807, 2.05) is 54.0 Å². The second kappa shape index (κ2) is 10.7. The fraction of sp³-hybridized carbons (Fsp3) is 0.375. The Balaban J connectivity index is 1.48. The molecule has 1 N–H and O–H groups in total. The minimum atomic E-state index is -0.256. The minimum Gasteiger partial charge on any atom is -0.485 e. The maximum Gasteiger partial charge on any atom is 0.233 e. The smallest absolute Gasteiger partial charge is 0.233 e. The number of amides is 1. The third kappa shape index (κ3) is 5.69. The van der Waals surface area contributed by atoms with Crippen LogP contribution in [0.1, 0.15) is 25.6 Å².